The first-order valence-electron chi connectivity index (χ1n) is 11.3. The van der Waals surface area contributed by atoms with Crippen molar-refractivity contribution < 1.29 is 23.5 Å². The van der Waals surface area contributed by atoms with Gasteiger partial charge in [-0.05, 0) is 55.3 Å². The Kier molecular flexibility index (Phi) is 7.26. The van der Waals surface area contributed by atoms with Gasteiger partial charge in [0.2, 0.25) is 11.2 Å². The van der Waals surface area contributed by atoms with Crippen LogP contribution in [0.25, 0.3) is 22.3 Å². The first kappa shape index (κ1) is 23.8. The molecule has 0 saturated carbocycles. The largest absolute Gasteiger partial charge is 0.476 e. The van der Waals surface area contributed by atoms with Crippen molar-refractivity contribution in [3.63, 3.8) is 0 Å². The summed E-state index contributed by atoms with van der Waals surface area (Å²) in [6.45, 7) is 3.61. The number of esters is 1. The Balaban J connectivity index is 1.58. The number of benzene rings is 3. The lowest BCUT2D eigenvalue weighted by molar-refractivity contribution is -0.118. The molecule has 7 nitrogen and oxygen atoms in total. The number of rotatable bonds is 8. The van der Waals surface area contributed by atoms with Crippen molar-refractivity contribution in [1.29, 1.82) is 0 Å². The molecule has 35 heavy (non-hydrogen) atoms. The van der Waals surface area contributed by atoms with E-state index in [0.29, 0.717) is 27.8 Å². The lowest BCUT2D eigenvalue weighted by atomic mass is 10.1. The number of carbonyl (C=O) groups excluding carboxylic acids is 2. The Labute approximate surface area is 202 Å². The predicted molar refractivity (Wildman–Crippen MR) is 134 cm³/mol. The molecule has 4 rings (SSSR count). The van der Waals surface area contributed by atoms with Gasteiger partial charge in [-0.15, -0.1) is 0 Å². The van der Waals surface area contributed by atoms with E-state index in [1.165, 1.54) is 0 Å². The molecule has 0 fully saturated rings. The van der Waals surface area contributed by atoms with Crippen molar-refractivity contribution in [1.82, 2.24) is 0 Å². The molecule has 1 N–H and O–H groups in total. The first-order valence-corrected chi connectivity index (χ1v) is 11.3. The lowest BCUT2D eigenvalue weighted by Crippen LogP contribution is -2.22. The number of hydrogen-bond acceptors (Lipinski definition) is 6. The lowest BCUT2D eigenvalue weighted by Gasteiger charge is -2.12. The highest BCUT2D eigenvalue weighted by Crippen LogP contribution is 2.31. The van der Waals surface area contributed by atoms with Crippen LogP contribution in [0.3, 0.4) is 0 Å². The molecule has 0 aliphatic carbocycles. The second kappa shape index (κ2) is 10.7. The van der Waals surface area contributed by atoms with E-state index >= 15 is 0 Å². The van der Waals surface area contributed by atoms with E-state index in [4.69, 9.17) is 13.9 Å². The Hall–Kier alpha value is -4.39. The summed E-state index contributed by atoms with van der Waals surface area (Å²) in [5.41, 5.74) is 2.63. The number of ether oxygens (including phenoxy) is 2. The fourth-order valence-corrected chi connectivity index (χ4v) is 3.59. The molecule has 0 aliphatic rings. The Morgan fingerprint density at radius 2 is 1.69 bits per heavy atom. The van der Waals surface area contributed by atoms with E-state index in [0.717, 1.165) is 12.0 Å². The van der Waals surface area contributed by atoms with E-state index in [-0.39, 0.29) is 23.5 Å². The van der Waals surface area contributed by atoms with Crippen LogP contribution >= 0.6 is 0 Å². The van der Waals surface area contributed by atoms with Crippen LogP contribution in [0.2, 0.25) is 0 Å². The fraction of sp³-hybridized carbons (Fsp3) is 0.179. The topological polar surface area (TPSA) is 94.8 Å². The van der Waals surface area contributed by atoms with Gasteiger partial charge >= 0.3 is 5.97 Å². The highest BCUT2D eigenvalue weighted by Gasteiger charge is 2.19. The van der Waals surface area contributed by atoms with Gasteiger partial charge in [-0.1, -0.05) is 43.3 Å². The highest BCUT2D eigenvalue weighted by atomic mass is 16.5. The Bertz CT molecular complexity index is 1410. The molecule has 4 aromatic rings. The van der Waals surface area contributed by atoms with E-state index in [2.05, 4.69) is 5.32 Å². The molecule has 0 saturated heterocycles. The summed E-state index contributed by atoms with van der Waals surface area (Å²) in [6.07, 6.45) is 0.767. The molecule has 178 valence electrons. The van der Waals surface area contributed by atoms with Gasteiger partial charge in [0.1, 0.15) is 5.58 Å². The van der Waals surface area contributed by atoms with Crippen molar-refractivity contribution in [3.8, 4) is 17.1 Å². The van der Waals surface area contributed by atoms with Crippen LogP contribution in [0.1, 0.15) is 29.8 Å². The van der Waals surface area contributed by atoms with Gasteiger partial charge in [0.05, 0.1) is 17.6 Å². The summed E-state index contributed by atoms with van der Waals surface area (Å²) in [4.78, 5) is 37.7. The maximum atomic E-state index is 13.4. The molecule has 1 heterocycles. The second-order valence-corrected chi connectivity index (χ2v) is 7.77. The molecule has 1 aromatic heterocycles. The van der Waals surface area contributed by atoms with E-state index in [1.54, 1.807) is 43.3 Å². The van der Waals surface area contributed by atoms with Crippen LogP contribution in [-0.2, 0) is 16.0 Å². The first-order chi connectivity index (χ1) is 17.0. The van der Waals surface area contributed by atoms with Gasteiger partial charge in [0, 0.05) is 11.3 Å². The van der Waals surface area contributed by atoms with Crippen molar-refractivity contribution in [3.05, 3.63) is 94.1 Å². The molecule has 0 atom stereocenters. The van der Waals surface area contributed by atoms with Crippen molar-refractivity contribution in [2.24, 2.45) is 0 Å². The molecule has 0 spiro atoms. The highest BCUT2D eigenvalue weighted by molar-refractivity contribution is 5.94. The van der Waals surface area contributed by atoms with Crippen LogP contribution < -0.4 is 15.5 Å². The second-order valence-electron chi connectivity index (χ2n) is 7.77. The average Bonchev–Trinajstić information content (AvgIpc) is 2.89. The number of nitrogens with one attached hydrogen (secondary N) is 1. The molecule has 0 unspecified atom stereocenters. The van der Waals surface area contributed by atoms with Gasteiger partial charge in [0.15, 0.2) is 12.4 Å². The average molecular weight is 472 g/mol. The molecule has 0 bridgehead atoms. The van der Waals surface area contributed by atoms with Gasteiger partial charge in [-0.3, -0.25) is 9.59 Å². The quantitative estimate of drug-likeness (QED) is 0.354. The number of hydrogen-bond donors (Lipinski definition) is 1. The zero-order chi connectivity index (χ0) is 24.8. The molecule has 0 radical (unpaired) electrons. The molecular formula is C28H25NO6. The molecule has 1 amide bonds. The number of aryl methyl sites for hydroxylation is 1. The number of anilines is 1. The van der Waals surface area contributed by atoms with E-state index in [9.17, 15) is 14.4 Å². The maximum absolute atomic E-state index is 13.4. The van der Waals surface area contributed by atoms with Crippen LogP contribution in [-0.4, -0.2) is 25.1 Å². The minimum Gasteiger partial charge on any atom is -0.476 e. The normalized spacial score (nSPS) is 10.7. The minimum atomic E-state index is -0.463. The summed E-state index contributed by atoms with van der Waals surface area (Å²) in [5.74, 6) is -0.658. The Morgan fingerprint density at radius 1 is 0.943 bits per heavy atom. The summed E-state index contributed by atoms with van der Waals surface area (Å²) in [5, 5.41) is 3.09. The molecular weight excluding hydrogens is 446 g/mol. The Morgan fingerprint density at radius 3 is 2.37 bits per heavy atom. The summed E-state index contributed by atoms with van der Waals surface area (Å²) in [7, 11) is 0. The van der Waals surface area contributed by atoms with E-state index < -0.39 is 18.5 Å². The standard InChI is InChI=1S/C28H25NO6/c1-3-18-10-15-23-22(16-18)25(31)27(26(35-23)19-8-6-5-7-9-19)34-17-24(30)29-21-13-11-20(12-14-21)28(32)33-4-2/h5-16H,3-4,17H2,1-2H3,(H,29,30). The van der Waals surface area contributed by atoms with Crippen molar-refractivity contribution in [2.75, 3.05) is 18.5 Å². The number of carbonyl (C=O) groups is 2. The van der Waals surface area contributed by atoms with Crippen LogP contribution in [0.5, 0.6) is 5.75 Å². The van der Waals surface area contributed by atoms with Crippen LogP contribution in [0.15, 0.2) is 82.0 Å². The molecule has 0 aliphatic heterocycles. The smallest absolute Gasteiger partial charge is 0.338 e. The zero-order valence-corrected chi connectivity index (χ0v) is 19.5. The summed E-state index contributed by atoms with van der Waals surface area (Å²) in [6, 6.07) is 20.9. The predicted octanol–water partition coefficient (Wildman–Crippen LogP) is 5.22. The van der Waals surface area contributed by atoms with E-state index in [1.807, 2.05) is 43.3 Å². The fourth-order valence-electron chi connectivity index (χ4n) is 3.59. The van der Waals surface area contributed by atoms with Crippen molar-refractivity contribution in [2.45, 2.75) is 20.3 Å². The monoisotopic (exact) mass is 471 g/mol. The van der Waals surface area contributed by atoms with Crippen LogP contribution in [0, 0.1) is 0 Å². The summed E-state index contributed by atoms with van der Waals surface area (Å²) < 4.78 is 16.8. The SMILES string of the molecule is CCOC(=O)c1ccc(NC(=O)COc2c(-c3ccccc3)oc3ccc(CC)cc3c2=O)cc1. The van der Waals surface area contributed by atoms with Crippen molar-refractivity contribution >= 4 is 28.5 Å². The summed E-state index contributed by atoms with van der Waals surface area (Å²) >= 11 is 0. The minimum absolute atomic E-state index is 0.0234. The van der Waals surface area contributed by atoms with Gasteiger partial charge < -0.3 is 19.2 Å². The number of amides is 1. The molecule has 7 heteroatoms. The maximum Gasteiger partial charge on any atom is 0.338 e. The third kappa shape index (κ3) is 5.41. The molecule has 3 aromatic carbocycles. The third-order valence-corrected chi connectivity index (χ3v) is 5.38. The number of fused-ring (bicyclic) bond motifs is 1. The third-order valence-electron chi connectivity index (χ3n) is 5.38. The van der Waals surface area contributed by atoms with Crippen LogP contribution in [0.4, 0.5) is 5.69 Å². The van der Waals surface area contributed by atoms with Gasteiger partial charge in [-0.25, -0.2) is 4.79 Å². The van der Waals surface area contributed by atoms with Gasteiger partial charge in [0.25, 0.3) is 5.91 Å². The zero-order valence-electron chi connectivity index (χ0n) is 19.5. The van der Waals surface area contributed by atoms with Gasteiger partial charge in [-0.2, -0.15) is 0 Å².